The maximum absolute atomic E-state index is 12.3. The number of rotatable bonds is 3. The number of nitrogens with one attached hydrogen (secondary N) is 1. The molecule has 10 nitrogen and oxygen atoms in total. The summed E-state index contributed by atoms with van der Waals surface area (Å²) in [5.74, 6) is 0. The van der Waals surface area contributed by atoms with E-state index in [0.29, 0.717) is 5.56 Å². The Balaban J connectivity index is 1.66. The zero-order valence-electron chi connectivity index (χ0n) is 14.8. The fourth-order valence-corrected chi connectivity index (χ4v) is 4.50. The molecule has 1 aromatic carbocycles. The molecular weight excluding hydrogens is 391 g/mol. The first kappa shape index (κ1) is 19.3. The lowest BCUT2D eigenvalue weighted by Gasteiger charge is -2.41. The van der Waals surface area contributed by atoms with Crippen molar-refractivity contribution >= 4 is 7.60 Å². The summed E-state index contributed by atoms with van der Waals surface area (Å²) in [6.45, 7) is 1.43. The normalized spacial score (nSPS) is 30.2. The van der Waals surface area contributed by atoms with Gasteiger partial charge in [0.15, 0.2) is 0 Å². The number of aromatic nitrogens is 2. The van der Waals surface area contributed by atoms with E-state index in [4.69, 9.17) is 14.2 Å². The van der Waals surface area contributed by atoms with E-state index in [1.165, 1.54) is 22.9 Å². The third kappa shape index (κ3) is 3.08. The van der Waals surface area contributed by atoms with Gasteiger partial charge in [-0.15, -0.1) is 0 Å². The van der Waals surface area contributed by atoms with Gasteiger partial charge < -0.3 is 24.0 Å². The number of aryl methyl sites for hydroxylation is 1. The van der Waals surface area contributed by atoms with Crippen molar-refractivity contribution in [2.24, 2.45) is 0 Å². The summed E-state index contributed by atoms with van der Waals surface area (Å²) in [5, 5.41) is 0. The van der Waals surface area contributed by atoms with Crippen LogP contribution in [0.3, 0.4) is 0 Å². The first-order valence-corrected chi connectivity index (χ1v) is 10.2. The summed E-state index contributed by atoms with van der Waals surface area (Å²) in [7, 11) is -4.87. The molecule has 0 amide bonds. The van der Waals surface area contributed by atoms with E-state index >= 15 is 0 Å². The summed E-state index contributed by atoms with van der Waals surface area (Å²) in [6.07, 6.45) is -0.547. The number of nitrogens with zero attached hydrogens (tertiary/aromatic N) is 1. The van der Waals surface area contributed by atoms with Gasteiger partial charge in [0.25, 0.3) is 5.56 Å². The molecule has 0 unspecified atom stereocenters. The molecule has 1 aromatic heterocycles. The van der Waals surface area contributed by atoms with Gasteiger partial charge in [0.05, 0.1) is 12.7 Å². The summed E-state index contributed by atoms with van der Waals surface area (Å²) >= 11 is 0. The number of H-pyrrole nitrogens is 1. The number of benzene rings is 1. The van der Waals surface area contributed by atoms with Crippen LogP contribution in [0.15, 0.2) is 46.1 Å². The maximum Gasteiger partial charge on any atom is 0.389 e. The summed E-state index contributed by atoms with van der Waals surface area (Å²) < 4.78 is 30.7. The van der Waals surface area contributed by atoms with Crippen LogP contribution >= 0.6 is 7.60 Å². The molecule has 0 bridgehead atoms. The van der Waals surface area contributed by atoms with Gasteiger partial charge in [-0.25, -0.2) is 4.79 Å². The highest BCUT2D eigenvalue weighted by Gasteiger charge is 2.59. The highest BCUT2D eigenvalue weighted by Crippen LogP contribution is 2.61. The third-order valence-corrected chi connectivity index (χ3v) is 6.17. The van der Waals surface area contributed by atoms with Crippen molar-refractivity contribution in [3.8, 4) is 0 Å². The topological polar surface area (TPSA) is 140 Å². The zero-order chi connectivity index (χ0) is 20.1. The fourth-order valence-electron chi connectivity index (χ4n) is 3.50. The van der Waals surface area contributed by atoms with E-state index in [1.807, 2.05) is 0 Å². The lowest BCUT2D eigenvalue weighted by molar-refractivity contribution is -0.282. The van der Waals surface area contributed by atoms with E-state index in [0.717, 1.165) is 0 Å². The first-order valence-electron chi connectivity index (χ1n) is 8.62. The van der Waals surface area contributed by atoms with Crippen molar-refractivity contribution < 1.29 is 28.6 Å². The minimum Gasteiger partial charge on any atom is -0.349 e. The van der Waals surface area contributed by atoms with Gasteiger partial charge in [0.1, 0.15) is 12.3 Å². The molecule has 150 valence electrons. The second-order valence-corrected chi connectivity index (χ2v) is 8.48. The Morgan fingerprint density at radius 3 is 2.61 bits per heavy atom. The Labute approximate surface area is 158 Å². The van der Waals surface area contributed by atoms with Crippen molar-refractivity contribution in [1.82, 2.24) is 9.55 Å². The van der Waals surface area contributed by atoms with Gasteiger partial charge in [0, 0.05) is 23.7 Å². The molecule has 0 spiro atoms. The van der Waals surface area contributed by atoms with Gasteiger partial charge in [0.2, 0.25) is 0 Å². The summed E-state index contributed by atoms with van der Waals surface area (Å²) in [4.78, 5) is 45.9. The third-order valence-electron chi connectivity index (χ3n) is 4.91. The van der Waals surface area contributed by atoms with E-state index < -0.39 is 42.8 Å². The molecule has 0 aliphatic carbocycles. The average molecular weight is 410 g/mol. The number of fused-ring (bicyclic) bond motifs is 1. The van der Waals surface area contributed by atoms with Gasteiger partial charge in [-0.1, -0.05) is 30.3 Å². The molecule has 4 rings (SSSR count). The van der Waals surface area contributed by atoms with Gasteiger partial charge in [-0.05, 0) is 6.92 Å². The van der Waals surface area contributed by atoms with Gasteiger partial charge in [-0.3, -0.25) is 18.9 Å². The van der Waals surface area contributed by atoms with Gasteiger partial charge in [-0.2, -0.15) is 0 Å². The van der Waals surface area contributed by atoms with Crippen molar-refractivity contribution in [2.75, 3.05) is 6.61 Å². The molecule has 3 N–H and O–H groups in total. The van der Waals surface area contributed by atoms with E-state index in [2.05, 4.69) is 4.98 Å². The second-order valence-electron chi connectivity index (χ2n) is 6.80. The van der Waals surface area contributed by atoms with E-state index in [1.54, 1.807) is 25.1 Å². The Hall–Kier alpha value is -2.07. The molecule has 2 fully saturated rings. The molecule has 2 saturated heterocycles. The van der Waals surface area contributed by atoms with Crippen molar-refractivity contribution in [1.29, 1.82) is 0 Å². The maximum atomic E-state index is 12.3. The monoisotopic (exact) mass is 410 g/mol. The molecule has 11 heteroatoms. The van der Waals surface area contributed by atoms with Crippen LogP contribution in [0.2, 0.25) is 0 Å². The van der Waals surface area contributed by atoms with Crippen LogP contribution in [0.1, 0.15) is 23.8 Å². The molecule has 0 radical (unpaired) electrons. The summed E-state index contributed by atoms with van der Waals surface area (Å²) in [5.41, 5.74) is -2.82. The van der Waals surface area contributed by atoms with Crippen LogP contribution in [0, 0.1) is 6.92 Å². The van der Waals surface area contributed by atoms with Crippen molar-refractivity contribution in [3.05, 3.63) is 68.5 Å². The molecule has 0 saturated carbocycles. The minimum atomic E-state index is -4.87. The first-order chi connectivity index (χ1) is 13.2. The number of ether oxygens (including phenoxy) is 3. The smallest absolute Gasteiger partial charge is 0.349 e. The molecule has 4 atom stereocenters. The molecule has 3 heterocycles. The lowest BCUT2D eigenvalue weighted by atomic mass is 10.1. The zero-order valence-corrected chi connectivity index (χ0v) is 15.7. The lowest BCUT2D eigenvalue weighted by Crippen LogP contribution is -2.48. The molecular formula is C17H19N2O8P. The predicted molar refractivity (Wildman–Crippen MR) is 95.6 cm³/mol. The van der Waals surface area contributed by atoms with E-state index in [-0.39, 0.29) is 18.6 Å². The fraction of sp³-hybridized carbons (Fsp3) is 0.412. The predicted octanol–water partition coefficient (Wildman–Crippen LogP) is 0.536. The number of hydrogen-bond donors (Lipinski definition) is 3. The highest BCUT2D eigenvalue weighted by atomic mass is 31.2. The summed E-state index contributed by atoms with van der Waals surface area (Å²) in [6, 6.07) is 8.00. The quantitative estimate of drug-likeness (QED) is 0.623. The largest absolute Gasteiger partial charge is 0.389 e. The Kier molecular flexibility index (Phi) is 4.65. The molecule has 2 aliphatic heterocycles. The minimum absolute atomic E-state index is 0.127. The van der Waals surface area contributed by atoms with Gasteiger partial charge >= 0.3 is 18.8 Å². The number of aromatic amines is 1. The van der Waals surface area contributed by atoms with Crippen LogP contribution in [-0.2, 0) is 24.3 Å². The Morgan fingerprint density at radius 1 is 1.21 bits per heavy atom. The average Bonchev–Trinajstić information content (AvgIpc) is 3.07. The highest BCUT2D eigenvalue weighted by molar-refractivity contribution is 7.52. The van der Waals surface area contributed by atoms with E-state index in [9.17, 15) is 23.9 Å². The van der Waals surface area contributed by atoms with Crippen LogP contribution in [0.4, 0.5) is 0 Å². The van der Waals surface area contributed by atoms with Crippen LogP contribution in [0.25, 0.3) is 0 Å². The van der Waals surface area contributed by atoms with Crippen molar-refractivity contribution in [3.63, 3.8) is 0 Å². The van der Waals surface area contributed by atoms with Crippen LogP contribution in [0.5, 0.6) is 0 Å². The molecule has 2 aromatic rings. The standard InChI is InChI=1S/C17H19N2O8P/c1-10-8-19(16(21)18-15(10)20)14-7-12-13(26-14)9-25-17(27-12,28(22,23)24)11-5-3-2-4-6-11/h2-6,8,12-14H,7,9H2,1H3,(H,18,20,21)(H2,22,23,24)/t12-,13-,14-,17-/m0/s1. The molecule has 2 aliphatic rings. The Morgan fingerprint density at radius 2 is 1.93 bits per heavy atom. The van der Waals surface area contributed by atoms with Crippen LogP contribution < -0.4 is 11.2 Å². The second kappa shape index (κ2) is 6.77. The number of hydrogen-bond acceptors (Lipinski definition) is 6. The Bertz CT molecular complexity index is 1050. The molecule has 28 heavy (non-hydrogen) atoms. The SMILES string of the molecule is Cc1cn([C@@H]2C[C@@H]3O[C@@](c4ccccc4)(P(=O)(O)O)OC[C@@H]3O2)c(=O)[nH]c1=O. The van der Waals surface area contributed by atoms with Crippen LogP contribution in [-0.4, -0.2) is 38.2 Å². The van der Waals surface area contributed by atoms with Crippen molar-refractivity contribution in [2.45, 2.75) is 37.3 Å².